The number of piperidine rings is 1. The Morgan fingerprint density at radius 3 is 2.55 bits per heavy atom. The molecule has 1 N–H and O–H groups in total. The number of amides is 1. The molecule has 3 aromatic rings. The fraction of sp³-hybridized carbons (Fsp3) is 0.304. The summed E-state index contributed by atoms with van der Waals surface area (Å²) in [5.41, 5.74) is 1.23. The number of nitrogens with one attached hydrogen (secondary N) is 1. The Labute approximate surface area is 192 Å². The largest absolute Gasteiger partial charge is 0.351 e. The molecule has 0 aliphatic carbocycles. The standard InChI is InChI=1S/C23H25N5O4S/c1-17(29)19-7-9-20(10-8-19)33(31,32)28-14-3-2-5-21(28)23(30)25-16-18-6-11-22(24-15-18)27-13-4-12-26-27/h4,6-13,15,21H,2-3,5,14,16H2,1H3,(H,25,30). The van der Waals surface area contributed by atoms with E-state index in [1.54, 1.807) is 35.4 Å². The number of rotatable bonds is 7. The number of hydrogen-bond acceptors (Lipinski definition) is 6. The molecule has 33 heavy (non-hydrogen) atoms. The number of Topliss-reactive ketones (excluding diaryl/α,β-unsaturated/α-hetero) is 1. The maximum Gasteiger partial charge on any atom is 0.243 e. The zero-order valence-corrected chi connectivity index (χ0v) is 19.0. The van der Waals surface area contributed by atoms with E-state index in [0.29, 0.717) is 24.2 Å². The summed E-state index contributed by atoms with van der Waals surface area (Å²) >= 11 is 0. The minimum Gasteiger partial charge on any atom is -0.351 e. The highest BCUT2D eigenvalue weighted by Crippen LogP contribution is 2.26. The van der Waals surface area contributed by atoms with Crippen molar-refractivity contribution in [2.45, 2.75) is 43.7 Å². The third kappa shape index (κ3) is 5.01. The normalized spacial score (nSPS) is 16.9. The fourth-order valence-electron chi connectivity index (χ4n) is 3.82. The second-order valence-electron chi connectivity index (χ2n) is 7.90. The second kappa shape index (κ2) is 9.63. The van der Waals surface area contributed by atoms with Crippen LogP contribution >= 0.6 is 0 Å². The third-order valence-electron chi connectivity index (χ3n) is 5.64. The maximum atomic E-state index is 13.3. The molecule has 1 aliphatic rings. The highest BCUT2D eigenvalue weighted by molar-refractivity contribution is 7.89. The van der Waals surface area contributed by atoms with Crippen LogP contribution in [0, 0.1) is 0 Å². The number of sulfonamides is 1. The molecule has 172 valence electrons. The monoisotopic (exact) mass is 467 g/mol. The van der Waals surface area contributed by atoms with Crippen LogP contribution in [-0.2, 0) is 21.4 Å². The van der Waals surface area contributed by atoms with E-state index in [1.807, 2.05) is 6.07 Å². The Kier molecular flexibility index (Phi) is 6.66. The Balaban J connectivity index is 1.45. The first kappa shape index (κ1) is 22.8. The Morgan fingerprint density at radius 2 is 1.91 bits per heavy atom. The molecule has 0 radical (unpaired) electrons. The molecule has 1 saturated heterocycles. The maximum absolute atomic E-state index is 13.3. The van der Waals surface area contributed by atoms with Gasteiger partial charge in [0.05, 0.1) is 4.90 Å². The molecule has 1 unspecified atom stereocenters. The number of carbonyl (C=O) groups is 2. The lowest BCUT2D eigenvalue weighted by atomic mass is 10.0. The number of aromatic nitrogens is 3. The van der Waals surface area contributed by atoms with Crippen LogP contribution in [0.1, 0.15) is 42.1 Å². The number of pyridine rings is 1. The summed E-state index contributed by atoms with van der Waals surface area (Å²) in [4.78, 5) is 28.9. The van der Waals surface area contributed by atoms with Gasteiger partial charge in [0.25, 0.3) is 0 Å². The third-order valence-corrected chi connectivity index (χ3v) is 7.56. The first-order valence-electron chi connectivity index (χ1n) is 10.7. The molecule has 0 saturated carbocycles. The number of nitrogens with zero attached hydrogens (tertiary/aromatic N) is 4. The average Bonchev–Trinajstić information content (AvgIpc) is 3.38. The van der Waals surface area contributed by atoms with Crippen molar-refractivity contribution < 1.29 is 18.0 Å². The van der Waals surface area contributed by atoms with Gasteiger partial charge in [0.1, 0.15) is 6.04 Å². The summed E-state index contributed by atoms with van der Waals surface area (Å²) in [7, 11) is -3.87. The van der Waals surface area contributed by atoms with Gasteiger partial charge < -0.3 is 5.32 Å². The van der Waals surface area contributed by atoms with E-state index in [1.165, 1.54) is 35.5 Å². The van der Waals surface area contributed by atoms with Crippen LogP contribution in [0.3, 0.4) is 0 Å². The lowest BCUT2D eigenvalue weighted by Crippen LogP contribution is -2.51. The summed E-state index contributed by atoms with van der Waals surface area (Å²) in [6, 6.07) is 10.5. The summed E-state index contributed by atoms with van der Waals surface area (Å²) in [5.74, 6) is 0.187. The van der Waals surface area contributed by atoms with Crippen molar-refractivity contribution >= 4 is 21.7 Å². The van der Waals surface area contributed by atoms with Crippen molar-refractivity contribution in [1.82, 2.24) is 24.4 Å². The topological polar surface area (TPSA) is 114 Å². The van der Waals surface area contributed by atoms with Gasteiger partial charge in [-0.2, -0.15) is 9.40 Å². The van der Waals surface area contributed by atoms with Gasteiger partial charge in [0.15, 0.2) is 11.6 Å². The quantitative estimate of drug-likeness (QED) is 0.534. The molecular weight excluding hydrogens is 442 g/mol. The summed E-state index contributed by atoms with van der Waals surface area (Å²) in [5, 5.41) is 6.97. The predicted octanol–water partition coefficient (Wildman–Crippen LogP) is 2.33. The molecule has 1 amide bonds. The van der Waals surface area contributed by atoms with Crippen LogP contribution in [0.25, 0.3) is 5.82 Å². The molecule has 2 aromatic heterocycles. The Morgan fingerprint density at radius 1 is 1.12 bits per heavy atom. The summed E-state index contributed by atoms with van der Waals surface area (Å²) < 4.78 is 29.4. The number of benzene rings is 1. The Bertz CT molecular complexity index is 1220. The molecule has 0 spiro atoms. The molecule has 1 aliphatic heterocycles. The van der Waals surface area contributed by atoms with Crippen molar-refractivity contribution in [3.05, 3.63) is 72.2 Å². The van der Waals surface area contributed by atoms with Gasteiger partial charge >= 0.3 is 0 Å². The van der Waals surface area contributed by atoms with Gasteiger partial charge in [-0.3, -0.25) is 9.59 Å². The van der Waals surface area contributed by atoms with Crippen molar-refractivity contribution in [2.75, 3.05) is 6.54 Å². The van der Waals surface area contributed by atoms with Crippen LogP contribution in [0.15, 0.2) is 66.0 Å². The minimum atomic E-state index is -3.87. The molecule has 1 atom stereocenters. The van der Waals surface area contributed by atoms with Crippen LogP contribution in [0.2, 0.25) is 0 Å². The fourth-order valence-corrected chi connectivity index (χ4v) is 5.48. The van der Waals surface area contributed by atoms with E-state index < -0.39 is 16.1 Å². The van der Waals surface area contributed by atoms with E-state index >= 15 is 0 Å². The lowest BCUT2D eigenvalue weighted by Gasteiger charge is -2.33. The molecule has 0 bridgehead atoms. The van der Waals surface area contributed by atoms with Crippen LogP contribution in [-0.4, -0.2) is 51.8 Å². The predicted molar refractivity (Wildman–Crippen MR) is 121 cm³/mol. The van der Waals surface area contributed by atoms with Gasteiger partial charge in [-0.25, -0.2) is 18.1 Å². The summed E-state index contributed by atoms with van der Waals surface area (Å²) in [6.07, 6.45) is 7.02. The lowest BCUT2D eigenvalue weighted by molar-refractivity contribution is -0.125. The zero-order chi connectivity index (χ0) is 23.4. The van der Waals surface area contributed by atoms with Crippen molar-refractivity contribution in [1.29, 1.82) is 0 Å². The van der Waals surface area contributed by atoms with Gasteiger partial charge in [-0.15, -0.1) is 0 Å². The second-order valence-corrected chi connectivity index (χ2v) is 9.79. The van der Waals surface area contributed by atoms with E-state index in [2.05, 4.69) is 15.4 Å². The number of ketones is 1. The molecule has 10 heteroatoms. The molecular formula is C23H25N5O4S. The first-order chi connectivity index (χ1) is 15.9. The zero-order valence-electron chi connectivity index (χ0n) is 18.2. The number of hydrogen-bond donors (Lipinski definition) is 1. The average molecular weight is 468 g/mol. The highest BCUT2D eigenvalue weighted by atomic mass is 32.2. The Hall–Kier alpha value is -3.37. The molecule has 1 fully saturated rings. The summed E-state index contributed by atoms with van der Waals surface area (Å²) in [6.45, 7) is 1.94. The van der Waals surface area contributed by atoms with Crippen LogP contribution in [0.4, 0.5) is 0 Å². The molecule has 3 heterocycles. The molecule has 9 nitrogen and oxygen atoms in total. The van der Waals surface area contributed by atoms with Crippen molar-refractivity contribution in [3.8, 4) is 5.82 Å². The van der Waals surface area contributed by atoms with Gasteiger partial charge in [-0.1, -0.05) is 24.6 Å². The SMILES string of the molecule is CC(=O)c1ccc(S(=O)(=O)N2CCCCC2C(=O)NCc2ccc(-n3cccn3)nc2)cc1. The van der Waals surface area contributed by atoms with E-state index in [9.17, 15) is 18.0 Å². The number of carbonyl (C=O) groups excluding carboxylic acids is 2. The van der Waals surface area contributed by atoms with Crippen molar-refractivity contribution in [3.63, 3.8) is 0 Å². The van der Waals surface area contributed by atoms with Crippen molar-refractivity contribution in [2.24, 2.45) is 0 Å². The molecule has 4 rings (SSSR count). The first-order valence-corrected chi connectivity index (χ1v) is 12.2. The van der Waals surface area contributed by atoms with Gasteiger partial charge in [0.2, 0.25) is 15.9 Å². The minimum absolute atomic E-state index is 0.0746. The van der Waals surface area contributed by atoms with E-state index in [0.717, 1.165) is 12.0 Å². The highest BCUT2D eigenvalue weighted by Gasteiger charge is 2.37. The van der Waals surface area contributed by atoms with Gasteiger partial charge in [0, 0.05) is 37.2 Å². The molecule has 1 aromatic carbocycles. The van der Waals surface area contributed by atoms with Crippen LogP contribution in [0.5, 0.6) is 0 Å². The van der Waals surface area contributed by atoms with E-state index in [4.69, 9.17) is 0 Å². The van der Waals surface area contributed by atoms with E-state index in [-0.39, 0.29) is 29.7 Å². The van der Waals surface area contributed by atoms with Gasteiger partial charge in [-0.05, 0) is 49.6 Å². The van der Waals surface area contributed by atoms with Crippen LogP contribution < -0.4 is 5.32 Å². The smallest absolute Gasteiger partial charge is 0.243 e.